The van der Waals surface area contributed by atoms with Crippen LogP contribution >= 0.6 is 15.9 Å². The second-order valence-corrected chi connectivity index (χ2v) is 4.15. The maximum absolute atomic E-state index is 10.5. The van der Waals surface area contributed by atoms with E-state index in [2.05, 4.69) is 15.9 Å². The molecule has 1 aliphatic heterocycles. The molecule has 1 fully saturated rings. The zero-order valence-electron chi connectivity index (χ0n) is 7.71. The molecule has 9 heteroatoms. The molecule has 1 N–H and O–H groups in total. The van der Waals surface area contributed by atoms with Crippen LogP contribution in [-0.2, 0) is 0 Å². The summed E-state index contributed by atoms with van der Waals surface area (Å²) in [6, 6.07) is 0. The van der Waals surface area contributed by atoms with Crippen molar-refractivity contribution >= 4 is 15.9 Å². The third kappa shape index (κ3) is 2.08. The van der Waals surface area contributed by atoms with E-state index in [1.807, 2.05) is 0 Å². The van der Waals surface area contributed by atoms with Gasteiger partial charge in [-0.05, 0) is 6.42 Å². The molecular formula is C6H10BrN3O5. The Hall–Kier alpha value is -0.800. The van der Waals surface area contributed by atoms with Gasteiger partial charge in [-0.15, -0.1) is 0 Å². The molecule has 0 aromatic carbocycles. The molecule has 1 atom stereocenters. The first kappa shape index (κ1) is 12.3. The van der Waals surface area contributed by atoms with Gasteiger partial charge in [-0.25, -0.2) is 0 Å². The molecule has 1 unspecified atom stereocenters. The van der Waals surface area contributed by atoms with Gasteiger partial charge in [0.15, 0.2) is 0 Å². The minimum Gasteiger partial charge on any atom is -0.378 e. The van der Waals surface area contributed by atoms with E-state index in [1.165, 1.54) is 4.90 Å². The molecule has 8 nitrogen and oxygen atoms in total. The first-order valence-electron chi connectivity index (χ1n) is 4.21. The highest BCUT2D eigenvalue weighted by Gasteiger charge is 2.67. The Morgan fingerprint density at radius 1 is 1.40 bits per heavy atom. The second-order valence-electron chi connectivity index (χ2n) is 3.36. The van der Waals surface area contributed by atoms with Crippen LogP contribution in [0.25, 0.3) is 0 Å². The Morgan fingerprint density at radius 3 is 2.20 bits per heavy atom. The van der Waals surface area contributed by atoms with Gasteiger partial charge in [-0.1, -0.05) is 15.9 Å². The summed E-state index contributed by atoms with van der Waals surface area (Å²) < 4.78 is 0. The van der Waals surface area contributed by atoms with E-state index in [0.717, 1.165) is 0 Å². The molecule has 86 valence electrons. The number of alkyl halides is 1. The fourth-order valence-electron chi connectivity index (χ4n) is 1.39. The predicted molar refractivity (Wildman–Crippen MR) is 52.7 cm³/mol. The Balaban J connectivity index is 2.59. The average Bonchev–Trinajstić information content (AvgIpc) is 2.00. The maximum atomic E-state index is 10.5. The number of halogens is 1. The van der Waals surface area contributed by atoms with Crippen LogP contribution in [0.1, 0.15) is 6.42 Å². The highest BCUT2D eigenvalue weighted by molar-refractivity contribution is 9.09. The SMILES string of the molecule is O=[N+]([O-])C1([N+](=O)[O-])CN(C(O)CCBr)C1. The van der Waals surface area contributed by atoms with Crippen molar-refractivity contribution < 1.29 is 15.0 Å². The van der Waals surface area contributed by atoms with Crippen LogP contribution in [0.5, 0.6) is 0 Å². The molecule has 15 heavy (non-hydrogen) atoms. The van der Waals surface area contributed by atoms with Gasteiger partial charge < -0.3 is 5.11 Å². The molecule has 0 saturated carbocycles. The zero-order valence-corrected chi connectivity index (χ0v) is 9.29. The molecule has 1 saturated heterocycles. The number of nitrogens with zero attached hydrogens (tertiary/aromatic N) is 3. The molecule has 1 rings (SSSR count). The number of aliphatic hydroxyl groups is 1. The summed E-state index contributed by atoms with van der Waals surface area (Å²) in [6.45, 7) is -0.692. The quantitative estimate of drug-likeness (QED) is 0.320. The van der Waals surface area contributed by atoms with Gasteiger partial charge in [0.25, 0.3) is 0 Å². The third-order valence-electron chi connectivity index (χ3n) is 2.38. The van der Waals surface area contributed by atoms with Crippen LogP contribution in [0.3, 0.4) is 0 Å². The number of hydrogen-bond acceptors (Lipinski definition) is 6. The molecule has 1 aliphatic rings. The van der Waals surface area contributed by atoms with Crippen molar-refractivity contribution in [2.24, 2.45) is 0 Å². The number of hydrogen-bond donors (Lipinski definition) is 1. The summed E-state index contributed by atoms with van der Waals surface area (Å²) in [7, 11) is 0. The maximum Gasteiger partial charge on any atom is 0.482 e. The fraction of sp³-hybridized carbons (Fsp3) is 1.00. The number of likely N-dealkylation sites (tertiary alicyclic amines) is 1. The standard InChI is InChI=1S/C6H10BrN3O5/c7-2-1-5(11)8-3-6(4-8,9(12)13)10(14)15/h5,11H,1-4H2. The van der Waals surface area contributed by atoms with Crippen LogP contribution in [-0.4, -0.2) is 50.2 Å². The molecule has 0 bridgehead atoms. The van der Waals surface area contributed by atoms with E-state index >= 15 is 0 Å². The molecule has 1 heterocycles. The summed E-state index contributed by atoms with van der Waals surface area (Å²) in [5.41, 5.74) is -2.13. The van der Waals surface area contributed by atoms with Gasteiger partial charge in [-0.3, -0.25) is 25.1 Å². The predicted octanol–water partition coefficient (Wildman–Crippen LogP) is -0.345. The summed E-state index contributed by atoms with van der Waals surface area (Å²) in [6.07, 6.45) is -0.483. The van der Waals surface area contributed by atoms with Crippen LogP contribution in [0, 0.1) is 20.2 Å². The smallest absolute Gasteiger partial charge is 0.378 e. The van der Waals surface area contributed by atoms with Gasteiger partial charge in [0.05, 0.1) is 0 Å². The Kier molecular flexibility index (Phi) is 3.58. The van der Waals surface area contributed by atoms with Gasteiger partial charge >= 0.3 is 5.66 Å². The lowest BCUT2D eigenvalue weighted by molar-refractivity contribution is -0.812. The lowest BCUT2D eigenvalue weighted by Gasteiger charge is -2.38. The van der Waals surface area contributed by atoms with Gasteiger partial charge in [0.2, 0.25) is 0 Å². The minimum absolute atomic E-state index is 0.346. The van der Waals surface area contributed by atoms with Crippen molar-refractivity contribution in [3.05, 3.63) is 20.2 Å². The Labute approximate surface area is 93.3 Å². The number of aliphatic hydroxyl groups excluding tert-OH is 1. The van der Waals surface area contributed by atoms with E-state index in [0.29, 0.717) is 11.8 Å². The van der Waals surface area contributed by atoms with Gasteiger partial charge in [0, 0.05) is 5.33 Å². The molecule has 0 aromatic rings. The Bertz CT molecular complexity index is 264. The number of nitro groups is 2. The zero-order chi connectivity index (χ0) is 11.6. The van der Waals surface area contributed by atoms with E-state index in [1.54, 1.807) is 0 Å². The van der Waals surface area contributed by atoms with Crippen molar-refractivity contribution in [1.29, 1.82) is 0 Å². The largest absolute Gasteiger partial charge is 0.482 e. The normalized spacial score (nSPS) is 21.7. The van der Waals surface area contributed by atoms with Crippen LogP contribution in [0.15, 0.2) is 0 Å². The molecule has 0 amide bonds. The minimum atomic E-state index is -2.13. The summed E-state index contributed by atoms with van der Waals surface area (Å²) in [5.74, 6) is 0. The van der Waals surface area contributed by atoms with E-state index in [-0.39, 0.29) is 13.1 Å². The van der Waals surface area contributed by atoms with Crippen molar-refractivity contribution in [2.45, 2.75) is 18.3 Å². The lowest BCUT2D eigenvalue weighted by Crippen LogP contribution is -2.72. The van der Waals surface area contributed by atoms with Gasteiger partial charge in [-0.2, -0.15) is 0 Å². The fourth-order valence-corrected chi connectivity index (χ4v) is 1.80. The molecule has 0 aliphatic carbocycles. The van der Waals surface area contributed by atoms with Gasteiger partial charge in [0.1, 0.15) is 29.2 Å². The van der Waals surface area contributed by atoms with Crippen molar-refractivity contribution in [1.82, 2.24) is 4.90 Å². The van der Waals surface area contributed by atoms with Crippen molar-refractivity contribution in [3.8, 4) is 0 Å². The third-order valence-corrected chi connectivity index (χ3v) is 2.84. The lowest BCUT2D eigenvalue weighted by atomic mass is 10.0. The van der Waals surface area contributed by atoms with Crippen LogP contribution < -0.4 is 0 Å². The molecule has 0 aromatic heterocycles. The van der Waals surface area contributed by atoms with E-state index in [9.17, 15) is 25.3 Å². The molecule has 0 radical (unpaired) electrons. The van der Waals surface area contributed by atoms with Crippen LogP contribution in [0.4, 0.5) is 0 Å². The first-order chi connectivity index (χ1) is 6.94. The van der Waals surface area contributed by atoms with Crippen LogP contribution in [0.2, 0.25) is 0 Å². The summed E-state index contributed by atoms with van der Waals surface area (Å²) >= 11 is 3.10. The topological polar surface area (TPSA) is 110 Å². The Morgan fingerprint density at radius 2 is 1.87 bits per heavy atom. The van der Waals surface area contributed by atoms with Crippen molar-refractivity contribution in [3.63, 3.8) is 0 Å². The van der Waals surface area contributed by atoms with Crippen molar-refractivity contribution in [2.75, 3.05) is 18.4 Å². The van der Waals surface area contributed by atoms with E-state index in [4.69, 9.17) is 0 Å². The summed E-state index contributed by atoms with van der Waals surface area (Å²) in [5, 5.41) is 31.0. The van der Waals surface area contributed by atoms with E-state index < -0.39 is 21.7 Å². The molecular weight excluding hydrogens is 274 g/mol. The summed E-state index contributed by atoms with van der Waals surface area (Å²) in [4.78, 5) is 20.6. The average molecular weight is 284 g/mol. The number of rotatable bonds is 5. The monoisotopic (exact) mass is 283 g/mol. The highest BCUT2D eigenvalue weighted by Crippen LogP contribution is 2.27. The highest BCUT2D eigenvalue weighted by atomic mass is 79.9. The first-order valence-corrected chi connectivity index (χ1v) is 5.33. The second kappa shape index (κ2) is 4.37. The molecule has 0 spiro atoms.